The minimum atomic E-state index is -1.04. The zero-order valence-corrected chi connectivity index (χ0v) is 12.1. The lowest BCUT2D eigenvalue weighted by Gasteiger charge is -2.40. The third-order valence-electron chi connectivity index (χ3n) is 3.76. The molecule has 6 heteroatoms. The van der Waals surface area contributed by atoms with E-state index in [0.717, 1.165) is 12.1 Å². The zero-order valence-electron chi connectivity index (χ0n) is 12.1. The van der Waals surface area contributed by atoms with E-state index in [9.17, 15) is 18.4 Å². The van der Waals surface area contributed by atoms with Gasteiger partial charge in [-0.25, -0.2) is 8.78 Å². The molecule has 114 valence electrons. The molecule has 1 aliphatic rings. The van der Waals surface area contributed by atoms with Gasteiger partial charge in [0.2, 0.25) is 5.91 Å². The van der Waals surface area contributed by atoms with Gasteiger partial charge >= 0.3 is 0 Å². The minimum Gasteiger partial charge on any atom is -0.343 e. The Balaban J connectivity index is 1.96. The fraction of sp³-hybridized carbons (Fsp3) is 0.467. The molecule has 1 aromatic carbocycles. The summed E-state index contributed by atoms with van der Waals surface area (Å²) in [5.74, 6) is -2.56. The van der Waals surface area contributed by atoms with Crippen LogP contribution in [0.1, 0.15) is 24.2 Å². The molecule has 0 unspecified atom stereocenters. The smallest absolute Gasteiger partial charge is 0.254 e. The first-order valence-corrected chi connectivity index (χ1v) is 7.01. The summed E-state index contributed by atoms with van der Waals surface area (Å²) in [6, 6.07) is 3.07. The monoisotopic (exact) mass is 296 g/mol. The molecule has 1 heterocycles. The van der Waals surface area contributed by atoms with Crippen LogP contribution in [0.15, 0.2) is 18.2 Å². The molecule has 1 aromatic rings. The number of nitrogens with zero attached hydrogens (tertiary/aromatic N) is 2. The Kier molecular flexibility index (Phi) is 4.55. The summed E-state index contributed by atoms with van der Waals surface area (Å²) in [6.45, 7) is 5.75. The molecular weight excluding hydrogens is 278 g/mol. The van der Waals surface area contributed by atoms with E-state index >= 15 is 0 Å². The second kappa shape index (κ2) is 6.20. The standard InChI is InChI=1S/C15H18F2N2O2/c1-3-18(4-2)15(21)11-8-19(9-11)14(20)10-5-6-12(16)13(17)7-10/h5-7,11H,3-4,8-9H2,1-2H3. The maximum absolute atomic E-state index is 13.1. The molecule has 0 aromatic heterocycles. The van der Waals surface area contributed by atoms with Gasteiger partial charge in [0.1, 0.15) is 0 Å². The second-order valence-electron chi connectivity index (χ2n) is 5.05. The lowest BCUT2D eigenvalue weighted by molar-refractivity contribution is -0.139. The van der Waals surface area contributed by atoms with Crippen molar-refractivity contribution in [3.63, 3.8) is 0 Å². The lowest BCUT2D eigenvalue weighted by Crippen LogP contribution is -2.56. The number of likely N-dealkylation sites (tertiary alicyclic amines) is 1. The first kappa shape index (κ1) is 15.4. The van der Waals surface area contributed by atoms with Gasteiger partial charge in [-0.2, -0.15) is 0 Å². The van der Waals surface area contributed by atoms with Gasteiger partial charge in [-0.3, -0.25) is 9.59 Å². The number of rotatable bonds is 4. The van der Waals surface area contributed by atoms with Gasteiger partial charge in [0.15, 0.2) is 11.6 Å². The molecule has 2 rings (SSSR count). The molecule has 0 saturated carbocycles. The van der Waals surface area contributed by atoms with Crippen molar-refractivity contribution in [3.05, 3.63) is 35.4 Å². The first-order valence-electron chi connectivity index (χ1n) is 7.01. The Morgan fingerprint density at radius 2 is 1.81 bits per heavy atom. The van der Waals surface area contributed by atoms with E-state index in [-0.39, 0.29) is 23.3 Å². The molecule has 4 nitrogen and oxygen atoms in total. The summed E-state index contributed by atoms with van der Waals surface area (Å²) in [4.78, 5) is 27.3. The van der Waals surface area contributed by atoms with Crippen molar-refractivity contribution in [2.24, 2.45) is 5.92 Å². The largest absolute Gasteiger partial charge is 0.343 e. The molecule has 1 fully saturated rings. The quantitative estimate of drug-likeness (QED) is 0.851. The summed E-state index contributed by atoms with van der Waals surface area (Å²) in [5, 5.41) is 0. The van der Waals surface area contributed by atoms with Crippen LogP contribution in [0.2, 0.25) is 0 Å². The van der Waals surface area contributed by atoms with Crippen molar-refractivity contribution >= 4 is 11.8 Å². The van der Waals surface area contributed by atoms with Crippen molar-refractivity contribution in [1.82, 2.24) is 9.80 Å². The van der Waals surface area contributed by atoms with E-state index in [1.165, 1.54) is 11.0 Å². The molecule has 0 atom stereocenters. The van der Waals surface area contributed by atoms with Crippen LogP contribution in [0.4, 0.5) is 8.78 Å². The summed E-state index contributed by atoms with van der Waals surface area (Å²) < 4.78 is 26.0. The molecule has 0 bridgehead atoms. The number of carbonyl (C=O) groups excluding carboxylic acids is 2. The molecule has 1 saturated heterocycles. The normalized spacial score (nSPS) is 14.8. The average Bonchev–Trinajstić information content (AvgIpc) is 2.41. The van der Waals surface area contributed by atoms with Gasteiger partial charge < -0.3 is 9.80 Å². The molecule has 0 aliphatic carbocycles. The summed E-state index contributed by atoms with van der Waals surface area (Å²) in [5.41, 5.74) is 0.0997. The third-order valence-corrected chi connectivity index (χ3v) is 3.76. The van der Waals surface area contributed by atoms with Crippen molar-refractivity contribution in [2.45, 2.75) is 13.8 Å². The molecule has 1 aliphatic heterocycles. The van der Waals surface area contributed by atoms with Crippen LogP contribution in [0.5, 0.6) is 0 Å². The Morgan fingerprint density at radius 1 is 1.19 bits per heavy atom. The fourth-order valence-corrected chi connectivity index (χ4v) is 2.41. The van der Waals surface area contributed by atoms with E-state index in [1.54, 1.807) is 4.90 Å². The van der Waals surface area contributed by atoms with E-state index in [1.807, 2.05) is 13.8 Å². The van der Waals surface area contributed by atoms with Crippen molar-refractivity contribution in [1.29, 1.82) is 0 Å². The number of benzene rings is 1. The van der Waals surface area contributed by atoms with Crippen molar-refractivity contribution < 1.29 is 18.4 Å². The van der Waals surface area contributed by atoms with E-state index in [4.69, 9.17) is 0 Å². The van der Waals surface area contributed by atoms with Crippen molar-refractivity contribution in [2.75, 3.05) is 26.2 Å². The maximum Gasteiger partial charge on any atom is 0.254 e. The molecule has 21 heavy (non-hydrogen) atoms. The molecule has 0 spiro atoms. The van der Waals surface area contributed by atoms with E-state index in [0.29, 0.717) is 26.2 Å². The van der Waals surface area contributed by atoms with Crippen LogP contribution >= 0.6 is 0 Å². The number of halogens is 2. The number of hydrogen-bond acceptors (Lipinski definition) is 2. The number of hydrogen-bond donors (Lipinski definition) is 0. The van der Waals surface area contributed by atoms with Crippen molar-refractivity contribution in [3.8, 4) is 0 Å². The summed E-state index contributed by atoms with van der Waals surface area (Å²) >= 11 is 0. The third kappa shape index (κ3) is 3.04. The molecule has 2 amide bonds. The molecule has 0 N–H and O–H groups in total. The highest BCUT2D eigenvalue weighted by Gasteiger charge is 2.37. The highest BCUT2D eigenvalue weighted by atomic mass is 19.2. The predicted octanol–water partition coefficient (Wildman–Crippen LogP) is 1.91. The fourth-order valence-electron chi connectivity index (χ4n) is 2.41. The molecule has 0 radical (unpaired) electrons. The first-order chi connectivity index (χ1) is 9.97. The summed E-state index contributed by atoms with van der Waals surface area (Å²) in [6.07, 6.45) is 0. The Morgan fingerprint density at radius 3 is 2.33 bits per heavy atom. The van der Waals surface area contributed by atoms with Crippen LogP contribution in [-0.2, 0) is 4.79 Å². The SMILES string of the molecule is CCN(CC)C(=O)C1CN(C(=O)c2ccc(F)c(F)c2)C1. The Bertz CT molecular complexity index is 553. The van der Waals surface area contributed by atoms with Crippen LogP contribution in [-0.4, -0.2) is 47.8 Å². The summed E-state index contributed by atoms with van der Waals surface area (Å²) in [7, 11) is 0. The van der Waals surface area contributed by atoms with Gasteiger partial charge in [0.05, 0.1) is 5.92 Å². The van der Waals surface area contributed by atoms with Crippen LogP contribution in [0.25, 0.3) is 0 Å². The number of amides is 2. The van der Waals surface area contributed by atoms with E-state index in [2.05, 4.69) is 0 Å². The number of carbonyl (C=O) groups is 2. The van der Waals surface area contributed by atoms with Gasteiger partial charge in [-0.05, 0) is 32.0 Å². The highest BCUT2D eigenvalue weighted by Crippen LogP contribution is 2.21. The van der Waals surface area contributed by atoms with E-state index < -0.39 is 11.6 Å². The highest BCUT2D eigenvalue weighted by molar-refractivity contribution is 5.96. The zero-order chi connectivity index (χ0) is 15.6. The van der Waals surface area contributed by atoms with Gasteiger partial charge in [-0.15, -0.1) is 0 Å². The van der Waals surface area contributed by atoms with Gasteiger partial charge in [0.25, 0.3) is 5.91 Å². The predicted molar refractivity (Wildman–Crippen MR) is 73.7 cm³/mol. The average molecular weight is 296 g/mol. The van der Waals surface area contributed by atoms with Crippen LogP contribution in [0, 0.1) is 17.6 Å². The van der Waals surface area contributed by atoms with Crippen LogP contribution < -0.4 is 0 Å². The van der Waals surface area contributed by atoms with Gasteiger partial charge in [-0.1, -0.05) is 0 Å². The second-order valence-corrected chi connectivity index (χ2v) is 5.05. The maximum atomic E-state index is 13.1. The Labute approximate surface area is 122 Å². The minimum absolute atomic E-state index is 0.0364. The topological polar surface area (TPSA) is 40.6 Å². The molecular formula is C15H18F2N2O2. The Hall–Kier alpha value is -1.98. The van der Waals surface area contributed by atoms with Crippen LogP contribution in [0.3, 0.4) is 0 Å². The lowest BCUT2D eigenvalue weighted by atomic mass is 9.97. The van der Waals surface area contributed by atoms with Gasteiger partial charge in [0, 0.05) is 31.7 Å².